The zero-order valence-electron chi connectivity index (χ0n) is 10.9. The van der Waals surface area contributed by atoms with Gasteiger partial charge in [0, 0.05) is 12.6 Å². The fourth-order valence-electron chi connectivity index (χ4n) is 1.37. The molecule has 0 aromatic heterocycles. The molecule has 0 aliphatic heterocycles. The van der Waals surface area contributed by atoms with Gasteiger partial charge in [0.1, 0.15) is 6.61 Å². The predicted octanol–water partition coefficient (Wildman–Crippen LogP) is 2.55. The van der Waals surface area contributed by atoms with Crippen molar-refractivity contribution in [1.29, 1.82) is 5.26 Å². The number of hydrogen-bond donors (Lipinski definition) is 0. The molecule has 0 N–H and O–H groups in total. The number of likely N-dealkylation sites (N-methyl/N-ethyl adjacent to an activating group) is 1. The average Bonchev–Trinajstić information content (AvgIpc) is 2.32. The van der Waals surface area contributed by atoms with E-state index in [1.165, 1.54) is 0 Å². The summed E-state index contributed by atoms with van der Waals surface area (Å²) in [5.41, 5.74) is 0.461. The van der Waals surface area contributed by atoms with Gasteiger partial charge in [-0.2, -0.15) is 5.26 Å². The van der Waals surface area contributed by atoms with E-state index in [0.717, 1.165) is 6.54 Å². The maximum atomic E-state index is 8.88. The maximum Gasteiger partial charge on any atom is 0.179 e. The second kappa shape index (κ2) is 7.10. The molecule has 0 amide bonds. The van der Waals surface area contributed by atoms with E-state index in [9.17, 15) is 0 Å². The first-order chi connectivity index (χ1) is 8.58. The van der Waals surface area contributed by atoms with Crippen molar-refractivity contribution in [2.75, 3.05) is 33.9 Å². The zero-order valence-corrected chi connectivity index (χ0v) is 11.6. The first-order valence-corrected chi connectivity index (χ1v) is 6.10. The summed E-state index contributed by atoms with van der Waals surface area (Å²) in [4.78, 5) is 2.01. The number of nitrogens with zero attached hydrogens (tertiary/aromatic N) is 2. The van der Waals surface area contributed by atoms with Crippen LogP contribution < -0.4 is 9.47 Å². The van der Waals surface area contributed by atoms with Crippen LogP contribution in [0.15, 0.2) is 12.1 Å². The number of hydrogen-bond acceptors (Lipinski definition) is 4. The largest absolute Gasteiger partial charge is 0.490 e. The van der Waals surface area contributed by atoms with Gasteiger partial charge in [-0.1, -0.05) is 11.6 Å². The highest BCUT2D eigenvalue weighted by Gasteiger charge is 2.12. The van der Waals surface area contributed by atoms with Crippen LogP contribution in [0.1, 0.15) is 12.5 Å². The van der Waals surface area contributed by atoms with Gasteiger partial charge in [-0.05, 0) is 27.1 Å². The van der Waals surface area contributed by atoms with Crippen LogP contribution in [-0.2, 0) is 0 Å². The number of halogens is 1. The minimum Gasteiger partial charge on any atom is -0.490 e. The molecule has 0 aliphatic rings. The average molecular weight is 269 g/mol. The Labute approximate surface area is 113 Å². The smallest absolute Gasteiger partial charge is 0.179 e. The van der Waals surface area contributed by atoms with E-state index in [1.54, 1.807) is 12.1 Å². The van der Waals surface area contributed by atoms with Crippen molar-refractivity contribution in [3.63, 3.8) is 0 Å². The molecule has 5 heteroatoms. The van der Waals surface area contributed by atoms with Gasteiger partial charge in [0.15, 0.2) is 11.5 Å². The molecule has 0 aliphatic carbocycles. The molecule has 98 valence electrons. The fraction of sp³-hybridized carbons (Fsp3) is 0.462. The van der Waals surface area contributed by atoms with Crippen molar-refractivity contribution < 1.29 is 9.47 Å². The Hall–Kier alpha value is -1.44. The third-order valence-electron chi connectivity index (χ3n) is 2.22. The lowest BCUT2D eigenvalue weighted by molar-refractivity contribution is 0.244. The molecule has 0 saturated heterocycles. The summed E-state index contributed by atoms with van der Waals surface area (Å²) in [6, 6.07) is 5.26. The van der Waals surface area contributed by atoms with Crippen LogP contribution in [0.3, 0.4) is 0 Å². The lowest BCUT2D eigenvalue weighted by Gasteiger charge is -2.15. The van der Waals surface area contributed by atoms with E-state index in [0.29, 0.717) is 35.3 Å². The van der Waals surface area contributed by atoms with E-state index >= 15 is 0 Å². The molecule has 0 unspecified atom stereocenters. The van der Waals surface area contributed by atoms with Gasteiger partial charge in [-0.15, -0.1) is 0 Å². The highest BCUT2D eigenvalue weighted by molar-refractivity contribution is 6.32. The fourth-order valence-corrected chi connectivity index (χ4v) is 1.63. The molecule has 0 heterocycles. The highest BCUT2D eigenvalue weighted by Crippen LogP contribution is 2.36. The molecular weight excluding hydrogens is 252 g/mol. The zero-order chi connectivity index (χ0) is 13.5. The quantitative estimate of drug-likeness (QED) is 0.795. The predicted molar refractivity (Wildman–Crippen MR) is 71.4 cm³/mol. The van der Waals surface area contributed by atoms with Crippen molar-refractivity contribution in [3.05, 3.63) is 22.7 Å². The summed E-state index contributed by atoms with van der Waals surface area (Å²) in [7, 11) is 3.93. The summed E-state index contributed by atoms with van der Waals surface area (Å²) in [6.45, 7) is 3.66. The Morgan fingerprint density at radius 3 is 2.61 bits per heavy atom. The van der Waals surface area contributed by atoms with E-state index < -0.39 is 0 Å². The van der Waals surface area contributed by atoms with Crippen molar-refractivity contribution in [2.24, 2.45) is 0 Å². The molecule has 1 aromatic carbocycles. The molecular formula is C13H17ClN2O2. The summed E-state index contributed by atoms with van der Waals surface area (Å²) in [5, 5.41) is 9.28. The summed E-state index contributed by atoms with van der Waals surface area (Å²) in [5.74, 6) is 1.01. The van der Waals surface area contributed by atoms with Gasteiger partial charge in [-0.3, -0.25) is 0 Å². The molecule has 1 rings (SSSR count). The van der Waals surface area contributed by atoms with E-state index in [1.807, 2.05) is 32.0 Å². The van der Waals surface area contributed by atoms with Gasteiger partial charge in [0.2, 0.25) is 0 Å². The Bertz CT molecular complexity index is 441. The standard InChI is InChI=1S/C13H17ClN2O2/c1-4-17-12-8-10(9-15)7-11(14)13(12)18-6-5-16(2)3/h7-8H,4-6H2,1-3H3. The van der Waals surface area contributed by atoms with Crippen LogP contribution in [0.4, 0.5) is 0 Å². The number of nitriles is 1. The van der Waals surface area contributed by atoms with Gasteiger partial charge in [0.25, 0.3) is 0 Å². The monoisotopic (exact) mass is 268 g/mol. The molecule has 4 nitrogen and oxygen atoms in total. The molecule has 0 atom stereocenters. The first-order valence-electron chi connectivity index (χ1n) is 5.72. The van der Waals surface area contributed by atoms with E-state index in [-0.39, 0.29) is 0 Å². The van der Waals surface area contributed by atoms with Gasteiger partial charge in [-0.25, -0.2) is 0 Å². The molecule has 0 spiro atoms. The van der Waals surface area contributed by atoms with Crippen molar-refractivity contribution in [1.82, 2.24) is 4.90 Å². The second-order valence-corrected chi connectivity index (χ2v) is 4.39. The topological polar surface area (TPSA) is 45.5 Å². The molecule has 0 radical (unpaired) electrons. The molecule has 18 heavy (non-hydrogen) atoms. The number of benzene rings is 1. The third-order valence-corrected chi connectivity index (χ3v) is 2.50. The van der Waals surface area contributed by atoms with Crippen molar-refractivity contribution >= 4 is 11.6 Å². The second-order valence-electron chi connectivity index (χ2n) is 3.98. The molecule has 0 fully saturated rings. The Balaban J connectivity index is 2.90. The normalized spacial score (nSPS) is 10.2. The van der Waals surface area contributed by atoms with Crippen LogP contribution >= 0.6 is 11.6 Å². The van der Waals surface area contributed by atoms with Gasteiger partial charge in [0.05, 0.1) is 23.3 Å². The Morgan fingerprint density at radius 2 is 2.06 bits per heavy atom. The molecule has 0 saturated carbocycles. The lowest BCUT2D eigenvalue weighted by atomic mass is 10.2. The first kappa shape index (κ1) is 14.6. The van der Waals surface area contributed by atoms with Crippen LogP contribution in [0.2, 0.25) is 5.02 Å². The van der Waals surface area contributed by atoms with Crippen LogP contribution in [0.5, 0.6) is 11.5 Å². The maximum absolute atomic E-state index is 8.88. The Morgan fingerprint density at radius 1 is 1.33 bits per heavy atom. The SMILES string of the molecule is CCOc1cc(C#N)cc(Cl)c1OCCN(C)C. The van der Waals surface area contributed by atoms with E-state index in [4.69, 9.17) is 26.3 Å². The number of ether oxygens (including phenoxy) is 2. The minimum absolute atomic E-state index is 0.399. The molecule has 1 aromatic rings. The third kappa shape index (κ3) is 4.10. The summed E-state index contributed by atoms with van der Waals surface area (Å²) < 4.78 is 11.1. The minimum atomic E-state index is 0.399. The summed E-state index contributed by atoms with van der Waals surface area (Å²) >= 11 is 6.09. The van der Waals surface area contributed by atoms with Crippen LogP contribution in [-0.4, -0.2) is 38.8 Å². The number of rotatable bonds is 6. The van der Waals surface area contributed by atoms with Crippen LogP contribution in [0.25, 0.3) is 0 Å². The summed E-state index contributed by atoms with van der Waals surface area (Å²) in [6.07, 6.45) is 0. The van der Waals surface area contributed by atoms with Gasteiger partial charge < -0.3 is 14.4 Å². The highest BCUT2D eigenvalue weighted by atomic mass is 35.5. The van der Waals surface area contributed by atoms with Crippen LogP contribution in [0, 0.1) is 11.3 Å². The lowest BCUT2D eigenvalue weighted by Crippen LogP contribution is -2.19. The molecule has 0 bridgehead atoms. The Kier molecular flexibility index (Phi) is 5.76. The van der Waals surface area contributed by atoms with Crippen molar-refractivity contribution in [3.8, 4) is 17.6 Å². The van der Waals surface area contributed by atoms with Crippen molar-refractivity contribution in [2.45, 2.75) is 6.92 Å². The van der Waals surface area contributed by atoms with E-state index in [2.05, 4.69) is 0 Å². The van der Waals surface area contributed by atoms with Gasteiger partial charge >= 0.3 is 0 Å².